The van der Waals surface area contributed by atoms with E-state index in [9.17, 15) is 19.2 Å². The van der Waals surface area contributed by atoms with E-state index >= 15 is 0 Å². The summed E-state index contributed by atoms with van der Waals surface area (Å²) in [5.41, 5.74) is 1.59. The summed E-state index contributed by atoms with van der Waals surface area (Å²) < 4.78 is 5.25. The predicted octanol–water partition coefficient (Wildman–Crippen LogP) is 3.72. The fourth-order valence-electron chi connectivity index (χ4n) is 4.24. The first kappa shape index (κ1) is 23.0. The van der Waals surface area contributed by atoms with Gasteiger partial charge in [0.1, 0.15) is 5.76 Å². The SMILES string of the molecule is CC(C)CC(=O)N1CCc2nc(NC(=O)c3ccc4c(c3)C(=O)N(Cc3ccco3)C4=O)sc2C1. The third-order valence-corrected chi connectivity index (χ3v) is 7.01. The summed E-state index contributed by atoms with van der Waals surface area (Å²) in [6, 6.07) is 7.84. The smallest absolute Gasteiger partial charge is 0.261 e. The van der Waals surface area contributed by atoms with Crippen LogP contribution in [-0.4, -0.2) is 45.0 Å². The van der Waals surface area contributed by atoms with E-state index in [2.05, 4.69) is 10.3 Å². The van der Waals surface area contributed by atoms with Crippen LogP contribution in [0.1, 0.15) is 67.7 Å². The zero-order valence-electron chi connectivity index (χ0n) is 19.4. The number of fused-ring (bicyclic) bond motifs is 2. The van der Waals surface area contributed by atoms with Crippen molar-refractivity contribution in [3.05, 3.63) is 69.6 Å². The molecule has 2 aliphatic heterocycles. The molecule has 2 aromatic heterocycles. The van der Waals surface area contributed by atoms with Crippen LogP contribution in [0.15, 0.2) is 41.0 Å². The number of nitrogens with one attached hydrogen (secondary N) is 1. The molecular formula is C25H24N4O5S. The average molecular weight is 493 g/mol. The maximum Gasteiger partial charge on any atom is 0.261 e. The average Bonchev–Trinajstić information content (AvgIpc) is 3.54. The molecule has 4 heterocycles. The number of carbonyl (C=O) groups excluding carboxylic acids is 4. The number of carbonyl (C=O) groups is 4. The minimum Gasteiger partial charge on any atom is -0.467 e. The van der Waals surface area contributed by atoms with Crippen molar-refractivity contribution in [2.75, 3.05) is 11.9 Å². The molecule has 4 amide bonds. The second-order valence-electron chi connectivity index (χ2n) is 9.04. The first-order valence-electron chi connectivity index (χ1n) is 11.4. The van der Waals surface area contributed by atoms with E-state index in [0.717, 1.165) is 15.5 Å². The number of amides is 4. The molecule has 35 heavy (non-hydrogen) atoms. The van der Waals surface area contributed by atoms with Crippen molar-refractivity contribution < 1.29 is 23.6 Å². The minimum atomic E-state index is -0.466. The normalized spacial score (nSPS) is 14.9. The van der Waals surface area contributed by atoms with Gasteiger partial charge < -0.3 is 9.32 Å². The Labute approximate surface area is 205 Å². The van der Waals surface area contributed by atoms with Crippen molar-refractivity contribution in [3.63, 3.8) is 0 Å². The number of hydrogen-bond donors (Lipinski definition) is 1. The highest BCUT2D eigenvalue weighted by Crippen LogP contribution is 2.30. The summed E-state index contributed by atoms with van der Waals surface area (Å²) in [7, 11) is 0. The third kappa shape index (κ3) is 4.49. The van der Waals surface area contributed by atoms with E-state index in [1.54, 1.807) is 12.1 Å². The summed E-state index contributed by atoms with van der Waals surface area (Å²) in [5.74, 6) is -0.384. The van der Waals surface area contributed by atoms with Crippen molar-refractivity contribution in [2.45, 2.75) is 39.8 Å². The summed E-state index contributed by atoms with van der Waals surface area (Å²) >= 11 is 1.35. The molecule has 180 valence electrons. The van der Waals surface area contributed by atoms with Crippen molar-refractivity contribution >= 4 is 40.1 Å². The quantitative estimate of drug-likeness (QED) is 0.525. The molecule has 0 radical (unpaired) electrons. The molecular weight excluding hydrogens is 468 g/mol. The van der Waals surface area contributed by atoms with Crippen LogP contribution in [0.3, 0.4) is 0 Å². The number of imide groups is 1. The first-order valence-corrected chi connectivity index (χ1v) is 12.2. The van der Waals surface area contributed by atoms with E-state index in [-0.39, 0.29) is 29.1 Å². The van der Waals surface area contributed by atoms with Gasteiger partial charge >= 0.3 is 0 Å². The van der Waals surface area contributed by atoms with Gasteiger partial charge in [-0.25, -0.2) is 4.98 Å². The maximum atomic E-state index is 12.9. The molecule has 5 rings (SSSR count). The van der Waals surface area contributed by atoms with Gasteiger partial charge in [0, 0.05) is 29.8 Å². The molecule has 0 aliphatic carbocycles. The standard InChI is InChI=1S/C25H24N4O5S/c1-14(2)10-21(30)28-8-7-19-20(13-28)35-25(26-19)27-22(31)15-5-6-17-18(11-15)24(33)29(23(17)32)12-16-4-3-9-34-16/h3-6,9,11,14H,7-8,10,12-13H2,1-2H3,(H,26,27,31). The Morgan fingerprint density at radius 3 is 2.71 bits per heavy atom. The van der Waals surface area contributed by atoms with Crippen LogP contribution in [0.5, 0.6) is 0 Å². The van der Waals surface area contributed by atoms with Gasteiger partial charge in [0.05, 0.1) is 36.2 Å². The molecule has 0 fully saturated rings. The number of nitrogens with zero attached hydrogens (tertiary/aromatic N) is 3. The van der Waals surface area contributed by atoms with Gasteiger partial charge in [-0.3, -0.25) is 29.4 Å². The monoisotopic (exact) mass is 492 g/mol. The largest absolute Gasteiger partial charge is 0.467 e. The highest BCUT2D eigenvalue weighted by molar-refractivity contribution is 7.15. The zero-order valence-corrected chi connectivity index (χ0v) is 20.2. The van der Waals surface area contributed by atoms with Gasteiger partial charge in [-0.1, -0.05) is 25.2 Å². The molecule has 1 N–H and O–H groups in total. The Bertz CT molecular complexity index is 1330. The molecule has 0 saturated carbocycles. The Morgan fingerprint density at radius 2 is 1.97 bits per heavy atom. The van der Waals surface area contributed by atoms with E-state index in [1.165, 1.54) is 35.8 Å². The lowest BCUT2D eigenvalue weighted by Crippen LogP contribution is -2.36. The lowest BCUT2D eigenvalue weighted by Gasteiger charge is -2.26. The number of aromatic nitrogens is 1. The zero-order chi connectivity index (χ0) is 24.7. The Balaban J connectivity index is 1.28. The third-order valence-electron chi connectivity index (χ3n) is 6.01. The summed E-state index contributed by atoms with van der Waals surface area (Å²) in [4.78, 5) is 59.3. The fourth-order valence-corrected chi connectivity index (χ4v) is 5.26. The topological polar surface area (TPSA) is 113 Å². The van der Waals surface area contributed by atoms with E-state index < -0.39 is 17.7 Å². The number of thiazole rings is 1. The lowest BCUT2D eigenvalue weighted by molar-refractivity contribution is -0.132. The second-order valence-corrected chi connectivity index (χ2v) is 10.1. The number of furan rings is 1. The van der Waals surface area contributed by atoms with Crippen LogP contribution in [0.2, 0.25) is 0 Å². The summed E-state index contributed by atoms with van der Waals surface area (Å²) in [5, 5.41) is 3.24. The Morgan fingerprint density at radius 1 is 1.17 bits per heavy atom. The van der Waals surface area contributed by atoms with Crippen molar-refractivity contribution in [1.82, 2.24) is 14.8 Å². The molecule has 1 aromatic carbocycles. The molecule has 3 aromatic rings. The number of hydrogen-bond acceptors (Lipinski definition) is 7. The van der Waals surface area contributed by atoms with Crippen molar-refractivity contribution in [1.29, 1.82) is 0 Å². The predicted molar refractivity (Wildman–Crippen MR) is 128 cm³/mol. The molecule has 0 spiro atoms. The molecule has 0 atom stereocenters. The summed E-state index contributed by atoms with van der Waals surface area (Å²) in [6.45, 7) is 5.18. The van der Waals surface area contributed by atoms with E-state index in [4.69, 9.17) is 4.42 Å². The second kappa shape index (κ2) is 9.10. The van der Waals surface area contributed by atoms with E-state index in [0.29, 0.717) is 42.7 Å². The number of anilines is 1. The first-order chi connectivity index (χ1) is 16.8. The molecule has 0 unspecified atom stereocenters. The Kier molecular flexibility index (Phi) is 5.98. The highest BCUT2D eigenvalue weighted by Gasteiger charge is 2.36. The fraction of sp³-hybridized carbons (Fsp3) is 0.320. The van der Waals surface area contributed by atoms with Crippen LogP contribution >= 0.6 is 11.3 Å². The van der Waals surface area contributed by atoms with Crippen molar-refractivity contribution in [3.8, 4) is 0 Å². The number of rotatable bonds is 6. The molecule has 10 heteroatoms. The van der Waals surface area contributed by atoms with Gasteiger partial charge in [-0.15, -0.1) is 0 Å². The van der Waals surface area contributed by atoms with Gasteiger partial charge in [0.2, 0.25) is 5.91 Å². The number of benzene rings is 1. The molecule has 0 saturated heterocycles. The Hall–Kier alpha value is -3.79. The van der Waals surface area contributed by atoms with Gasteiger partial charge in [-0.05, 0) is 36.2 Å². The van der Waals surface area contributed by atoms with Crippen LogP contribution in [0.25, 0.3) is 0 Å². The van der Waals surface area contributed by atoms with E-state index in [1.807, 2.05) is 18.7 Å². The molecule has 2 aliphatic rings. The van der Waals surface area contributed by atoms with Crippen LogP contribution < -0.4 is 5.32 Å². The van der Waals surface area contributed by atoms with Crippen LogP contribution in [0, 0.1) is 5.92 Å². The van der Waals surface area contributed by atoms with Crippen LogP contribution in [-0.2, 0) is 24.3 Å². The summed E-state index contributed by atoms with van der Waals surface area (Å²) in [6.07, 6.45) is 2.64. The van der Waals surface area contributed by atoms with Gasteiger partial charge in [-0.2, -0.15) is 0 Å². The molecule has 0 bridgehead atoms. The lowest BCUT2D eigenvalue weighted by atomic mass is 10.1. The van der Waals surface area contributed by atoms with Crippen LogP contribution in [0.4, 0.5) is 5.13 Å². The van der Waals surface area contributed by atoms with Gasteiger partial charge in [0.25, 0.3) is 17.7 Å². The highest BCUT2D eigenvalue weighted by atomic mass is 32.1. The molecule has 9 nitrogen and oxygen atoms in total. The van der Waals surface area contributed by atoms with Gasteiger partial charge in [0.15, 0.2) is 5.13 Å². The minimum absolute atomic E-state index is 0.0300. The van der Waals surface area contributed by atoms with Crippen molar-refractivity contribution in [2.24, 2.45) is 5.92 Å². The maximum absolute atomic E-state index is 12.9.